The molecular formula is C26H20F3NO4. The molecule has 4 rings (SSSR count). The molecule has 1 saturated heterocycles. The van der Waals surface area contributed by atoms with Crippen LogP contribution in [0.5, 0.6) is 5.75 Å². The zero-order chi connectivity index (χ0) is 24.6. The monoisotopic (exact) mass is 467 g/mol. The van der Waals surface area contributed by atoms with Gasteiger partial charge >= 0.3 is 6.18 Å². The first-order valence-electron chi connectivity index (χ1n) is 10.3. The lowest BCUT2D eigenvalue weighted by Gasteiger charge is -2.26. The standard InChI is InChI=1S/C26H20F3NO4/c1-15-6-8-17(9-7-15)23(31)21-22(16-10-12-20(34-2)13-11-16)30(25(33)24(21)32)19-5-3-4-18(14-19)26(27,28)29/h3-14,22,31H,1-2H3/b23-21-. The number of Topliss-reactive ketones (excluding diaryl/α,β-unsaturated/α-hetero) is 1. The zero-order valence-electron chi connectivity index (χ0n) is 18.3. The van der Waals surface area contributed by atoms with E-state index in [0.717, 1.165) is 22.6 Å². The molecule has 1 aliphatic heterocycles. The molecule has 0 aromatic heterocycles. The Hall–Kier alpha value is -4.07. The van der Waals surface area contributed by atoms with E-state index in [1.807, 2.05) is 6.92 Å². The SMILES string of the molecule is COc1ccc(C2/C(=C(/O)c3ccc(C)cc3)C(=O)C(=O)N2c2cccc(C(F)(F)F)c2)cc1. The van der Waals surface area contributed by atoms with Crippen molar-refractivity contribution in [3.05, 3.63) is 101 Å². The van der Waals surface area contributed by atoms with E-state index in [9.17, 15) is 27.9 Å². The first kappa shape index (κ1) is 23.1. The summed E-state index contributed by atoms with van der Waals surface area (Å²) in [6.45, 7) is 1.85. The molecule has 0 saturated carbocycles. The summed E-state index contributed by atoms with van der Waals surface area (Å²) >= 11 is 0. The summed E-state index contributed by atoms with van der Waals surface area (Å²) < 4.78 is 45.2. The van der Waals surface area contributed by atoms with Crippen LogP contribution in [0, 0.1) is 6.92 Å². The lowest BCUT2D eigenvalue weighted by molar-refractivity contribution is -0.137. The second-order valence-electron chi connectivity index (χ2n) is 7.86. The number of alkyl halides is 3. The van der Waals surface area contributed by atoms with Crippen LogP contribution in [0.2, 0.25) is 0 Å². The predicted molar refractivity (Wildman–Crippen MR) is 120 cm³/mol. The van der Waals surface area contributed by atoms with Gasteiger partial charge in [0.15, 0.2) is 0 Å². The Bertz CT molecular complexity index is 1280. The molecule has 1 fully saturated rings. The van der Waals surface area contributed by atoms with Gasteiger partial charge in [0.2, 0.25) is 0 Å². The Morgan fingerprint density at radius 1 is 0.971 bits per heavy atom. The van der Waals surface area contributed by atoms with Crippen LogP contribution in [0.3, 0.4) is 0 Å². The Balaban J connectivity index is 1.93. The topological polar surface area (TPSA) is 66.8 Å². The van der Waals surface area contributed by atoms with E-state index in [1.54, 1.807) is 48.5 Å². The van der Waals surface area contributed by atoms with Crippen LogP contribution < -0.4 is 9.64 Å². The van der Waals surface area contributed by atoms with Crippen LogP contribution in [0.1, 0.15) is 28.3 Å². The molecule has 5 nitrogen and oxygen atoms in total. The molecule has 174 valence electrons. The summed E-state index contributed by atoms with van der Waals surface area (Å²) in [6.07, 6.45) is -4.64. The number of ketones is 1. The van der Waals surface area contributed by atoms with Crippen molar-refractivity contribution in [1.82, 2.24) is 0 Å². The van der Waals surface area contributed by atoms with E-state index in [0.29, 0.717) is 16.9 Å². The van der Waals surface area contributed by atoms with Gasteiger partial charge in [-0.25, -0.2) is 0 Å². The number of hydrogen-bond acceptors (Lipinski definition) is 4. The number of aliphatic hydroxyl groups is 1. The fraction of sp³-hybridized carbons (Fsp3) is 0.154. The Morgan fingerprint density at radius 3 is 2.21 bits per heavy atom. The van der Waals surface area contributed by atoms with Gasteiger partial charge in [0.05, 0.1) is 24.3 Å². The molecule has 0 bridgehead atoms. The summed E-state index contributed by atoms with van der Waals surface area (Å²) in [5.74, 6) is -1.92. The molecule has 1 atom stereocenters. The average molecular weight is 467 g/mol. The summed E-state index contributed by atoms with van der Waals surface area (Å²) in [7, 11) is 1.47. The first-order valence-corrected chi connectivity index (χ1v) is 10.3. The predicted octanol–water partition coefficient (Wildman–Crippen LogP) is 5.65. The maximum atomic E-state index is 13.4. The number of halogens is 3. The molecule has 1 heterocycles. The number of methoxy groups -OCH3 is 1. The molecule has 0 radical (unpaired) electrons. The molecule has 1 aliphatic rings. The third-order valence-corrected chi connectivity index (χ3v) is 5.65. The van der Waals surface area contributed by atoms with Gasteiger partial charge in [0.25, 0.3) is 11.7 Å². The maximum Gasteiger partial charge on any atom is 0.416 e. The van der Waals surface area contributed by atoms with Crippen molar-refractivity contribution in [1.29, 1.82) is 0 Å². The smallest absolute Gasteiger partial charge is 0.416 e. The first-order chi connectivity index (χ1) is 16.1. The lowest BCUT2D eigenvalue weighted by atomic mass is 9.94. The van der Waals surface area contributed by atoms with Crippen LogP contribution >= 0.6 is 0 Å². The van der Waals surface area contributed by atoms with Crippen molar-refractivity contribution in [3.63, 3.8) is 0 Å². The molecule has 8 heteroatoms. The number of carbonyl (C=O) groups excluding carboxylic acids is 2. The van der Waals surface area contributed by atoms with Crippen LogP contribution in [0.15, 0.2) is 78.4 Å². The number of aliphatic hydroxyl groups excluding tert-OH is 1. The van der Waals surface area contributed by atoms with Crippen molar-refractivity contribution in [2.24, 2.45) is 0 Å². The van der Waals surface area contributed by atoms with Crippen LogP contribution in [0.4, 0.5) is 18.9 Å². The molecule has 1 N–H and O–H groups in total. The quantitative estimate of drug-likeness (QED) is 0.306. The second-order valence-corrected chi connectivity index (χ2v) is 7.86. The number of anilines is 1. The van der Waals surface area contributed by atoms with Gasteiger partial charge in [-0.2, -0.15) is 13.2 Å². The summed E-state index contributed by atoms with van der Waals surface area (Å²) in [5, 5.41) is 11.1. The van der Waals surface area contributed by atoms with Gasteiger partial charge in [0.1, 0.15) is 11.5 Å². The van der Waals surface area contributed by atoms with Gasteiger partial charge in [-0.3, -0.25) is 14.5 Å². The minimum Gasteiger partial charge on any atom is -0.507 e. The van der Waals surface area contributed by atoms with Crippen molar-refractivity contribution >= 4 is 23.1 Å². The summed E-state index contributed by atoms with van der Waals surface area (Å²) in [5.41, 5.74) is 0.376. The third-order valence-electron chi connectivity index (χ3n) is 5.65. The minimum absolute atomic E-state index is 0.110. The van der Waals surface area contributed by atoms with Gasteiger partial charge in [-0.05, 0) is 42.8 Å². The van der Waals surface area contributed by atoms with Gasteiger partial charge < -0.3 is 9.84 Å². The number of hydrogen-bond donors (Lipinski definition) is 1. The highest BCUT2D eigenvalue weighted by molar-refractivity contribution is 6.51. The van der Waals surface area contributed by atoms with Crippen molar-refractivity contribution in [2.75, 3.05) is 12.0 Å². The molecule has 0 spiro atoms. The molecule has 34 heavy (non-hydrogen) atoms. The Labute approximate surface area is 193 Å². The van der Waals surface area contributed by atoms with E-state index < -0.39 is 35.2 Å². The molecule has 1 unspecified atom stereocenters. The fourth-order valence-electron chi connectivity index (χ4n) is 3.90. The summed E-state index contributed by atoms with van der Waals surface area (Å²) in [6, 6.07) is 16.1. The zero-order valence-corrected chi connectivity index (χ0v) is 18.3. The fourth-order valence-corrected chi connectivity index (χ4v) is 3.90. The number of rotatable bonds is 4. The molecule has 3 aromatic carbocycles. The Kier molecular flexibility index (Phi) is 5.91. The number of amides is 1. The number of ether oxygens (including phenoxy) is 1. The van der Waals surface area contributed by atoms with E-state index in [2.05, 4.69) is 0 Å². The van der Waals surface area contributed by atoms with Gasteiger partial charge in [-0.1, -0.05) is 48.0 Å². The van der Waals surface area contributed by atoms with Crippen LogP contribution in [0.25, 0.3) is 5.76 Å². The number of aryl methyl sites for hydroxylation is 1. The van der Waals surface area contributed by atoms with Gasteiger partial charge in [0, 0.05) is 11.3 Å². The number of benzene rings is 3. The molecule has 1 amide bonds. The average Bonchev–Trinajstić information content (AvgIpc) is 3.09. The molecular weight excluding hydrogens is 447 g/mol. The maximum absolute atomic E-state index is 13.4. The highest BCUT2D eigenvalue weighted by Gasteiger charge is 2.47. The molecule has 3 aromatic rings. The van der Waals surface area contributed by atoms with Crippen molar-refractivity contribution in [2.45, 2.75) is 19.1 Å². The normalized spacial score (nSPS) is 17.8. The largest absolute Gasteiger partial charge is 0.507 e. The second kappa shape index (κ2) is 8.70. The van der Waals surface area contributed by atoms with Crippen molar-refractivity contribution in [3.8, 4) is 5.75 Å². The molecule has 0 aliphatic carbocycles. The summed E-state index contributed by atoms with van der Waals surface area (Å²) in [4.78, 5) is 27.2. The van der Waals surface area contributed by atoms with E-state index in [-0.39, 0.29) is 11.3 Å². The minimum atomic E-state index is -4.64. The van der Waals surface area contributed by atoms with Gasteiger partial charge in [-0.15, -0.1) is 0 Å². The third kappa shape index (κ3) is 4.14. The lowest BCUT2D eigenvalue weighted by Crippen LogP contribution is -2.29. The number of carbonyl (C=O) groups is 2. The highest BCUT2D eigenvalue weighted by Crippen LogP contribution is 2.43. The van der Waals surface area contributed by atoms with Crippen LogP contribution in [-0.4, -0.2) is 23.9 Å². The van der Waals surface area contributed by atoms with E-state index in [1.165, 1.54) is 19.2 Å². The van der Waals surface area contributed by atoms with Crippen LogP contribution in [-0.2, 0) is 15.8 Å². The van der Waals surface area contributed by atoms with E-state index >= 15 is 0 Å². The van der Waals surface area contributed by atoms with Crippen molar-refractivity contribution < 1.29 is 32.6 Å². The number of nitrogens with zero attached hydrogens (tertiary/aromatic N) is 1. The van der Waals surface area contributed by atoms with E-state index in [4.69, 9.17) is 4.74 Å². The highest BCUT2D eigenvalue weighted by atomic mass is 19.4. The Morgan fingerprint density at radius 2 is 1.62 bits per heavy atom.